The Labute approximate surface area is 131 Å². The summed E-state index contributed by atoms with van der Waals surface area (Å²) in [6.07, 6.45) is 1.06. The summed E-state index contributed by atoms with van der Waals surface area (Å²) in [5.74, 6) is 0.295. The number of amides is 1. The van der Waals surface area contributed by atoms with E-state index >= 15 is 0 Å². The minimum atomic E-state index is -3.47. The first-order chi connectivity index (χ1) is 10.4. The van der Waals surface area contributed by atoms with E-state index in [1.807, 2.05) is 6.92 Å². The molecule has 1 rings (SSSR count). The van der Waals surface area contributed by atoms with Crippen molar-refractivity contribution in [2.75, 3.05) is 45.0 Å². The monoisotopic (exact) mass is 330 g/mol. The summed E-state index contributed by atoms with van der Waals surface area (Å²) in [4.78, 5) is 12.0. The van der Waals surface area contributed by atoms with E-state index in [-0.39, 0.29) is 19.7 Å². The summed E-state index contributed by atoms with van der Waals surface area (Å²) in [6, 6.07) is 6.86. The summed E-state index contributed by atoms with van der Waals surface area (Å²) >= 11 is 0. The van der Waals surface area contributed by atoms with E-state index in [0.29, 0.717) is 18.0 Å². The van der Waals surface area contributed by atoms with Crippen LogP contribution in [0.3, 0.4) is 0 Å². The van der Waals surface area contributed by atoms with Gasteiger partial charge < -0.3 is 14.8 Å². The first-order valence-corrected chi connectivity index (χ1v) is 8.68. The maximum Gasteiger partial charge on any atom is 0.239 e. The molecule has 1 aromatic carbocycles. The fourth-order valence-electron chi connectivity index (χ4n) is 1.72. The highest BCUT2D eigenvalue weighted by Gasteiger charge is 2.19. The highest BCUT2D eigenvalue weighted by Crippen LogP contribution is 2.15. The second-order valence-electron chi connectivity index (χ2n) is 4.59. The van der Waals surface area contributed by atoms with Crippen molar-refractivity contribution in [3.05, 3.63) is 24.3 Å². The van der Waals surface area contributed by atoms with E-state index < -0.39 is 15.9 Å². The van der Waals surface area contributed by atoms with Crippen LogP contribution in [0.25, 0.3) is 0 Å². The minimum Gasteiger partial charge on any atom is -0.494 e. The van der Waals surface area contributed by atoms with E-state index in [1.165, 1.54) is 7.11 Å². The third kappa shape index (κ3) is 6.42. The molecule has 124 valence electrons. The topological polar surface area (TPSA) is 84.9 Å². The number of ether oxygens (including phenoxy) is 2. The van der Waals surface area contributed by atoms with Gasteiger partial charge in [0, 0.05) is 19.3 Å². The van der Waals surface area contributed by atoms with Gasteiger partial charge in [0.15, 0.2) is 0 Å². The van der Waals surface area contributed by atoms with Crippen molar-refractivity contribution >= 4 is 21.6 Å². The Morgan fingerprint density at radius 3 is 2.41 bits per heavy atom. The van der Waals surface area contributed by atoms with Gasteiger partial charge in [0.2, 0.25) is 15.9 Å². The quantitative estimate of drug-likeness (QED) is 0.728. The molecule has 0 aliphatic carbocycles. The van der Waals surface area contributed by atoms with E-state index in [4.69, 9.17) is 9.47 Å². The van der Waals surface area contributed by atoms with Gasteiger partial charge in [0.25, 0.3) is 0 Å². The molecule has 8 heteroatoms. The third-order valence-corrected chi connectivity index (χ3v) is 4.03. The summed E-state index contributed by atoms with van der Waals surface area (Å²) in [5.41, 5.74) is 0.577. The van der Waals surface area contributed by atoms with Crippen molar-refractivity contribution in [3.63, 3.8) is 0 Å². The van der Waals surface area contributed by atoms with Gasteiger partial charge >= 0.3 is 0 Å². The van der Waals surface area contributed by atoms with Gasteiger partial charge in [-0.1, -0.05) is 0 Å². The Morgan fingerprint density at radius 2 is 1.91 bits per heavy atom. The molecule has 0 radical (unpaired) electrons. The molecule has 0 bridgehead atoms. The molecule has 0 aromatic heterocycles. The number of sulfonamides is 1. The SMILES string of the molecule is CCOc1ccc(NC(=O)CN(CCOC)S(C)(=O)=O)cc1. The molecule has 1 aromatic rings. The molecule has 0 unspecified atom stereocenters. The Kier molecular flexibility index (Phi) is 7.30. The van der Waals surface area contributed by atoms with Crippen LogP contribution in [-0.2, 0) is 19.6 Å². The van der Waals surface area contributed by atoms with Gasteiger partial charge in [-0.25, -0.2) is 8.42 Å². The van der Waals surface area contributed by atoms with Crippen LogP contribution in [-0.4, -0.2) is 58.3 Å². The van der Waals surface area contributed by atoms with E-state index in [9.17, 15) is 13.2 Å². The van der Waals surface area contributed by atoms with Gasteiger partial charge in [-0.05, 0) is 31.2 Å². The molecule has 0 heterocycles. The maximum atomic E-state index is 12.0. The van der Waals surface area contributed by atoms with Gasteiger partial charge in [-0.3, -0.25) is 4.79 Å². The molecule has 0 saturated heterocycles. The van der Waals surface area contributed by atoms with Crippen LogP contribution in [0.15, 0.2) is 24.3 Å². The lowest BCUT2D eigenvalue weighted by molar-refractivity contribution is -0.116. The molecule has 1 N–H and O–H groups in total. The number of nitrogens with one attached hydrogen (secondary N) is 1. The normalized spacial score (nSPS) is 11.5. The molecule has 0 fully saturated rings. The number of nitrogens with zero attached hydrogens (tertiary/aromatic N) is 1. The Balaban J connectivity index is 2.63. The lowest BCUT2D eigenvalue weighted by atomic mass is 10.3. The standard InChI is InChI=1S/C14H22N2O5S/c1-4-21-13-7-5-12(6-8-13)15-14(17)11-16(9-10-20-2)22(3,18)19/h5-8H,4,9-11H2,1-3H3,(H,15,17). The van der Waals surface area contributed by atoms with Gasteiger partial charge in [-0.15, -0.1) is 0 Å². The maximum absolute atomic E-state index is 12.0. The van der Waals surface area contributed by atoms with Crippen molar-refractivity contribution in [2.24, 2.45) is 0 Å². The lowest BCUT2D eigenvalue weighted by Crippen LogP contribution is -2.39. The zero-order valence-corrected chi connectivity index (χ0v) is 13.9. The van der Waals surface area contributed by atoms with Crippen LogP contribution in [0.4, 0.5) is 5.69 Å². The second kappa shape index (κ2) is 8.72. The summed E-state index contributed by atoms with van der Waals surface area (Å²) < 4.78 is 34.5. The first kappa shape index (κ1) is 18.4. The smallest absolute Gasteiger partial charge is 0.239 e. The summed E-state index contributed by atoms with van der Waals surface area (Å²) in [7, 11) is -1.99. The van der Waals surface area contributed by atoms with E-state index in [2.05, 4.69) is 5.32 Å². The van der Waals surface area contributed by atoms with E-state index in [1.54, 1.807) is 24.3 Å². The van der Waals surface area contributed by atoms with Crippen LogP contribution in [0.2, 0.25) is 0 Å². The molecule has 1 amide bonds. The van der Waals surface area contributed by atoms with Crippen molar-refractivity contribution in [1.29, 1.82) is 0 Å². The molecule has 7 nitrogen and oxygen atoms in total. The molecule has 0 atom stereocenters. The van der Waals surface area contributed by atoms with Crippen molar-refractivity contribution in [1.82, 2.24) is 4.31 Å². The third-order valence-electron chi connectivity index (χ3n) is 2.78. The van der Waals surface area contributed by atoms with Gasteiger partial charge in [0.1, 0.15) is 5.75 Å². The Morgan fingerprint density at radius 1 is 1.27 bits per heavy atom. The zero-order chi connectivity index (χ0) is 16.6. The zero-order valence-electron chi connectivity index (χ0n) is 13.0. The first-order valence-electron chi connectivity index (χ1n) is 6.83. The average Bonchev–Trinajstić information content (AvgIpc) is 2.44. The Hall–Kier alpha value is -1.64. The molecule has 22 heavy (non-hydrogen) atoms. The van der Waals surface area contributed by atoms with Crippen LogP contribution >= 0.6 is 0 Å². The molecule has 0 saturated carbocycles. The van der Waals surface area contributed by atoms with Gasteiger partial charge in [-0.2, -0.15) is 4.31 Å². The van der Waals surface area contributed by atoms with Crippen molar-refractivity contribution in [3.8, 4) is 5.75 Å². The van der Waals surface area contributed by atoms with Gasteiger partial charge in [0.05, 0.1) is 26.0 Å². The minimum absolute atomic E-state index is 0.131. The largest absolute Gasteiger partial charge is 0.494 e. The van der Waals surface area contributed by atoms with E-state index in [0.717, 1.165) is 10.6 Å². The van der Waals surface area contributed by atoms with Crippen molar-refractivity contribution < 1.29 is 22.7 Å². The fraction of sp³-hybridized carbons (Fsp3) is 0.500. The fourth-order valence-corrected chi connectivity index (χ4v) is 2.48. The van der Waals surface area contributed by atoms with Crippen LogP contribution in [0.1, 0.15) is 6.92 Å². The summed E-state index contributed by atoms with van der Waals surface area (Å²) in [6.45, 7) is 2.55. The predicted molar refractivity (Wildman–Crippen MR) is 84.5 cm³/mol. The number of rotatable bonds is 9. The number of benzene rings is 1. The van der Waals surface area contributed by atoms with Crippen LogP contribution < -0.4 is 10.1 Å². The lowest BCUT2D eigenvalue weighted by Gasteiger charge is -2.19. The molecular formula is C14H22N2O5S. The van der Waals surface area contributed by atoms with Crippen molar-refractivity contribution in [2.45, 2.75) is 6.92 Å². The molecule has 0 aliphatic rings. The predicted octanol–water partition coefficient (Wildman–Crippen LogP) is 0.932. The molecule has 0 spiro atoms. The molecule has 0 aliphatic heterocycles. The highest BCUT2D eigenvalue weighted by molar-refractivity contribution is 7.88. The number of methoxy groups -OCH3 is 1. The second-order valence-corrected chi connectivity index (χ2v) is 6.58. The van der Waals surface area contributed by atoms with Crippen LogP contribution in [0.5, 0.6) is 5.75 Å². The average molecular weight is 330 g/mol. The Bertz CT molecular complexity index is 571. The number of carbonyl (C=O) groups excluding carboxylic acids is 1. The number of carbonyl (C=O) groups is 1. The number of hydrogen-bond donors (Lipinski definition) is 1. The highest BCUT2D eigenvalue weighted by atomic mass is 32.2. The van der Waals surface area contributed by atoms with Crippen LogP contribution in [0, 0.1) is 0 Å². The summed E-state index contributed by atoms with van der Waals surface area (Å²) in [5, 5.41) is 2.65. The number of hydrogen-bond acceptors (Lipinski definition) is 5. The number of anilines is 1. The molecular weight excluding hydrogens is 308 g/mol.